The third-order valence-corrected chi connectivity index (χ3v) is 5.67. The zero-order valence-corrected chi connectivity index (χ0v) is 18.3. The summed E-state index contributed by atoms with van der Waals surface area (Å²) in [5.74, 6) is 0.465. The van der Waals surface area contributed by atoms with Gasteiger partial charge in [0.2, 0.25) is 5.78 Å². The minimum Gasteiger partial charge on any atom is -0.482 e. The number of hydrogen-bond acceptors (Lipinski definition) is 4. The number of hydrogen-bond donors (Lipinski definition) is 0. The molecule has 0 radical (unpaired) electrons. The maximum atomic E-state index is 12.6. The smallest absolute Gasteiger partial charge is 0.339 e. The van der Waals surface area contributed by atoms with E-state index >= 15 is 0 Å². The lowest BCUT2D eigenvalue weighted by Crippen LogP contribution is -2.24. The highest BCUT2D eigenvalue weighted by molar-refractivity contribution is 5.99. The van der Waals surface area contributed by atoms with Gasteiger partial charge in [0.25, 0.3) is 0 Å². The summed E-state index contributed by atoms with van der Waals surface area (Å²) >= 11 is 0. The van der Waals surface area contributed by atoms with Crippen LogP contribution in [0.2, 0.25) is 0 Å². The highest BCUT2D eigenvalue weighted by atomic mass is 16.5. The Hall–Kier alpha value is -2.88. The van der Waals surface area contributed by atoms with E-state index in [1.54, 1.807) is 19.1 Å². The molecule has 0 spiro atoms. The van der Waals surface area contributed by atoms with E-state index in [4.69, 9.17) is 9.15 Å². The number of rotatable bonds is 9. The highest BCUT2D eigenvalue weighted by Crippen LogP contribution is 2.30. The molecule has 1 unspecified atom stereocenters. The molecule has 1 aromatic heterocycles. The normalized spacial score (nSPS) is 12.1. The second kappa shape index (κ2) is 9.75. The van der Waals surface area contributed by atoms with Crippen LogP contribution in [0.25, 0.3) is 11.0 Å². The van der Waals surface area contributed by atoms with Gasteiger partial charge in [-0.05, 0) is 51.3 Å². The Labute approximate surface area is 177 Å². The largest absolute Gasteiger partial charge is 0.482 e. The molecule has 158 valence electrons. The van der Waals surface area contributed by atoms with E-state index in [1.807, 2.05) is 44.2 Å². The van der Waals surface area contributed by atoms with Crippen molar-refractivity contribution >= 4 is 16.8 Å². The lowest BCUT2D eigenvalue weighted by molar-refractivity contribution is 0.0817. The third kappa shape index (κ3) is 4.64. The van der Waals surface area contributed by atoms with Crippen LogP contribution in [0, 0.1) is 13.8 Å². The fourth-order valence-corrected chi connectivity index (χ4v) is 3.80. The molecular formula is C26H30O4. The van der Waals surface area contributed by atoms with Gasteiger partial charge in [-0.15, -0.1) is 0 Å². The molecule has 1 atom stereocenters. The van der Waals surface area contributed by atoms with Crippen LogP contribution in [0.4, 0.5) is 0 Å². The van der Waals surface area contributed by atoms with E-state index < -0.39 is 6.10 Å². The van der Waals surface area contributed by atoms with Gasteiger partial charge in [0.15, 0.2) is 6.10 Å². The van der Waals surface area contributed by atoms with Gasteiger partial charge < -0.3 is 9.15 Å². The van der Waals surface area contributed by atoms with Crippen molar-refractivity contribution in [3.05, 3.63) is 75.1 Å². The molecule has 0 aliphatic rings. The van der Waals surface area contributed by atoms with E-state index in [9.17, 15) is 9.59 Å². The van der Waals surface area contributed by atoms with Crippen molar-refractivity contribution < 1.29 is 13.9 Å². The van der Waals surface area contributed by atoms with Gasteiger partial charge >= 0.3 is 5.63 Å². The van der Waals surface area contributed by atoms with Gasteiger partial charge in [-0.2, -0.15) is 0 Å². The lowest BCUT2D eigenvalue weighted by Gasteiger charge is -2.17. The molecule has 4 nitrogen and oxygen atoms in total. The predicted molar refractivity (Wildman–Crippen MR) is 121 cm³/mol. The van der Waals surface area contributed by atoms with E-state index in [2.05, 4.69) is 6.92 Å². The summed E-state index contributed by atoms with van der Waals surface area (Å²) in [5.41, 5.74) is 3.34. The number of benzene rings is 2. The molecular weight excluding hydrogens is 376 g/mol. The minimum atomic E-state index is -0.644. The first-order valence-electron chi connectivity index (χ1n) is 10.8. The zero-order valence-electron chi connectivity index (χ0n) is 18.3. The Balaban J connectivity index is 1.87. The topological polar surface area (TPSA) is 56.5 Å². The summed E-state index contributed by atoms with van der Waals surface area (Å²) in [6.45, 7) is 7.75. The first kappa shape index (κ1) is 21.8. The number of aryl methyl sites for hydroxylation is 2. The van der Waals surface area contributed by atoms with E-state index in [1.165, 1.54) is 12.8 Å². The molecule has 0 fully saturated rings. The van der Waals surface area contributed by atoms with E-state index in [-0.39, 0.29) is 11.4 Å². The van der Waals surface area contributed by atoms with Crippen molar-refractivity contribution in [1.29, 1.82) is 0 Å². The molecule has 1 heterocycles. The predicted octanol–water partition coefficient (Wildman–Crippen LogP) is 6.18. The first-order valence-corrected chi connectivity index (χ1v) is 10.8. The van der Waals surface area contributed by atoms with Crippen LogP contribution in [0.5, 0.6) is 5.75 Å². The average molecular weight is 407 g/mol. The van der Waals surface area contributed by atoms with Gasteiger partial charge in [0.05, 0.1) is 0 Å². The second-order valence-corrected chi connectivity index (χ2v) is 7.86. The van der Waals surface area contributed by atoms with Gasteiger partial charge in [0.1, 0.15) is 11.3 Å². The minimum absolute atomic E-state index is 0.0878. The summed E-state index contributed by atoms with van der Waals surface area (Å²) < 4.78 is 11.7. The zero-order chi connectivity index (χ0) is 21.7. The van der Waals surface area contributed by atoms with Crippen LogP contribution in [-0.2, 0) is 6.42 Å². The Morgan fingerprint density at radius 2 is 1.73 bits per heavy atom. The quantitative estimate of drug-likeness (QED) is 0.242. The Kier molecular flexibility index (Phi) is 7.09. The molecule has 0 saturated heterocycles. The van der Waals surface area contributed by atoms with E-state index in [0.717, 1.165) is 41.3 Å². The van der Waals surface area contributed by atoms with Crippen molar-refractivity contribution in [1.82, 2.24) is 0 Å². The fourth-order valence-electron chi connectivity index (χ4n) is 3.80. The van der Waals surface area contributed by atoms with E-state index in [0.29, 0.717) is 16.9 Å². The number of fused-ring (bicyclic) bond motifs is 1. The molecule has 30 heavy (non-hydrogen) atoms. The number of ketones is 1. The van der Waals surface area contributed by atoms with Gasteiger partial charge in [0, 0.05) is 22.1 Å². The molecule has 0 bridgehead atoms. The molecule has 0 aliphatic heterocycles. The number of Topliss-reactive ketones (excluding diaryl/α,β-unsaturated/α-hetero) is 1. The van der Waals surface area contributed by atoms with Gasteiger partial charge in [-0.3, -0.25) is 4.79 Å². The van der Waals surface area contributed by atoms with Crippen molar-refractivity contribution in [2.24, 2.45) is 0 Å². The van der Waals surface area contributed by atoms with Crippen molar-refractivity contribution in [3.63, 3.8) is 0 Å². The summed E-state index contributed by atoms with van der Waals surface area (Å²) in [6, 6.07) is 12.9. The standard InChI is InChI=1S/C26H30O4/c1-5-6-7-11-14-22-17(2)21-15-16-23(18(3)25(21)30-26(22)28)29-19(4)24(27)20-12-9-8-10-13-20/h8-10,12-13,15-16,19H,5-7,11,14H2,1-4H3. The average Bonchev–Trinajstić information content (AvgIpc) is 2.75. The Morgan fingerprint density at radius 1 is 1.00 bits per heavy atom. The number of carbonyl (C=O) groups excluding carboxylic acids is 1. The summed E-state index contributed by atoms with van der Waals surface area (Å²) in [4.78, 5) is 25.3. The molecule has 3 aromatic rings. The van der Waals surface area contributed by atoms with Gasteiger partial charge in [-0.1, -0.05) is 56.5 Å². The number of unbranched alkanes of at least 4 members (excludes halogenated alkanes) is 3. The maximum Gasteiger partial charge on any atom is 0.339 e. The summed E-state index contributed by atoms with van der Waals surface area (Å²) in [5, 5.41) is 0.923. The first-order chi connectivity index (χ1) is 14.4. The maximum absolute atomic E-state index is 12.6. The van der Waals surface area contributed by atoms with Crippen LogP contribution in [0.15, 0.2) is 51.7 Å². The molecule has 0 aliphatic carbocycles. The third-order valence-electron chi connectivity index (χ3n) is 5.67. The number of ether oxygens (including phenoxy) is 1. The second-order valence-electron chi connectivity index (χ2n) is 7.86. The van der Waals surface area contributed by atoms with Gasteiger partial charge in [-0.25, -0.2) is 4.79 Å². The van der Waals surface area contributed by atoms with Crippen LogP contribution in [-0.4, -0.2) is 11.9 Å². The summed E-state index contributed by atoms with van der Waals surface area (Å²) in [6.07, 6.45) is 4.55. The Bertz CT molecular complexity index is 1080. The van der Waals surface area contributed by atoms with Crippen LogP contribution < -0.4 is 10.4 Å². The van der Waals surface area contributed by atoms with Crippen molar-refractivity contribution in [3.8, 4) is 5.75 Å². The number of carbonyl (C=O) groups is 1. The molecule has 0 N–H and O–H groups in total. The summed E-state index contributed by atoms with van der Waals surface area (Å²) in [7, 11) is 0. The Morgan fingerprint density at radius 3 is 2.43 bits per heavy atom. The molecule has 0 amide bonds. The SMILES string of the molecule is CCCCCCc1c(C)c2ccc(OC(C)C(=O)c3ccccc3)c(C)c2oc1=O. The molecule has 3 rings (SSSR count). The lowest BCUT2D eigenvalue weighted by atomic mass is 9.99. The monoisotopic (exact) mass is 406 g/mol. The molecule has 0 saturated carbocycles. The van der Waals surface area contributed by atoms with Crippen LogP contribution >= 0.6 is 0 Å². The highest BCUT2D eigenvalue weighted by Gasteiger charge is 2.20. The van der Waals surface area contributed by atoms with Crippen molar-refractivity contribution in [2.45, 2.75) is 65.9 Å². The van der Waals surface area contributed by atoms with Crippen LogP contribution in [0.3, 0.4) is 0 Å². The fraction of sp³-hybridized carbons (Fsp3) is 0.385. The van der Waals surface area contributed by atoms with Crippen LogP contribution in [0.1, 0.15) is 66.6 Å². The van der Waals surface area contributed by atoms with Crippen molar-refractivity contribution in [2.75, 3.05) is 0 Å². The molecule has 4 heteroatoms. The molecule has 2 aromatic carbocycles.